The first-order valence-corrected chi connectivity index (χ1v) is 4.42. The molecule has 1 rings (SSSR count). The summed E-state index contributed by atoms with van der Waals surface area (Å²) in [7, 11) is 1.23. The SMILES string of the molecule is COC(=O)Cc1ccc(C(F)F)nc1Cl. The molecule has 0 aliphatic rings. The molecule has 3 nitrogen and oxygen atoms in total. The highest BCUT2D eigenvalue weighted by atomic mass is 35.5. The van der Waals surface area contributed by atoms with Crippen molar-refractivity contribution in [1.29, 1.82) is 0 Å². The fraction of sp³-hybridized carbons (Fsp3) is 0.333. The van der Waals surface area contributed by atoms with Gasteiger partial charge in [0.15, 0.2) is 0 Å². The lowest BCUT2D eigenvalue weighted by atomic mass is 10.2. The van der Waals surface area contributed by atoms with Gasteiger partial charge >= 0.3 is 5.97 Å². The Hall–Kier alpha value is -1.23. The van der Waals surface area contributed by atoms with Crippen molar-refractivity contribution in [3.63, 3.8) is 0 Å². The number of pyridine rings is 1. The molecule has 0 amide bonds. The maximum atomic E-state index is 12.2. The summed E-state index contributed by atoms with van der Waals surface area (Å²) >= 11 is 5.62. The normalized spacial score (nSPS) is 10.5. The van der Waals surface area contributed by atoms with Crippen LogP contribution < -0.4 is 0 Å². The molecule has 0 spiro atoms. The van der Waals surface area contributed by atoms with Crippen molar-refractivity contribution in [3.05, 3.63) is 28.5 Å². The first kappa shape index (κ1) is 11.8. The number of ether oxygens (including phenoxy) is 1. The smallest absolute Gasteiger partial charge is 0.310 e. The van der Waals surface area contributed by atoms with Crippen LogP contribution >= 0.6 is 11.6 Å². The van der Waals surface area contributed by atoms with Crippen LogP contribution in [-0.2, 0) is 16.0 Å². The number of halogens is 3. The number of rotatable bonds is 3. The molecule has 0 radical (unpaired) electrons. The van der Waals surface area contributed by atoms with E-state index in [1.165, 1.54) is 13.2 Å². The summed E-state index contributed by atoms with van der Waals surface area (Å²) < 4.78 is 28.8. The van der Waals surface area contributed by atoms with Gasteiger partial charge in [0.05, 0.1) is 13.5 Å². The molecule has 1 aromatic heterocycles. The predicted molar refractivity (Wildman–Crippen MR) is 49.9 cm³/mol. The highest BCUT2D eigenvalue weighted by Gasteiger charge is 2.13. The average Bonchev–Trinajstić information content (AvgIpc) is 2.20. The minimum Gasteiger partial charge on any atom is -0.469 e. The number of hydrogen-bond donors (Lipinski definition) is 0. The molecule has 15 heavy (non-hydrogen) atoms. The van der Waals surface area contributed by atoms with Gasteiger partial charge in [-0.25, -0.2) is 13.8 Å². The third kappa shape index (κ3) is 3.13. The predicted octanol–water partition coefficient (Wildman–Crippen LogP) is 2.39. The molecule has 0 aromatic carbocycles. The van der Waals surface area contributed by atoms with Gasteiger partial charge in [-0.05, 0) is 6.07 Å². The third-order valence-electron chi connectivity index (χ3n) is 1.73. The summed E-state index contributed by atoms with van der Waals surface area (Å²) in [6.45, 7) is 0. The second-order valence-corrected chi connectivity index (χ2v) is 3.10. The molecule has 82 valence electrons. The summed E-state index contributed by atoms with van der Waals surface area (Å²) in [6.07, 6.45) is -2.75. The fourth-order valence-electron chi connectivity index (χ4n) is 0.958. The summed E-state index contributed by atoms with van der Waals surface area (Å²) in [6, 6.07) is 2.47. The van der Waals surface area contributed by atoms with Gasteiger partial charge in [0.25, 0.3) is 6.43 Å². The van der Waals surface area contributed by atoms with E-state index in [4.69, 9.17) is 11.6 Å². The van der Waals surface area contributed by atoms with Crippen LogP contribution in [0.4, 0.5) is 8.78 Å². The number of hydrogen-bond acceptors (Lipinski definition) is 3. The zero-order valence-electron chi connectivity index (χ0n) is 7.84. The molecule has 0 atom stereocenters. The van der Waals surface area contributed by atoms with E-state index in [9.17, 15) is 13.6 Å². The van der Waals surface area contributed by atoms with Crippen LogP contribution in [0.25, 0.3) is 0 Å². The van der Waals surface area contributed by atoms with E-state index < -0.39 is 18.1 Å². The van der Waals surface area contributed by atoms with E-state index in [0.717, 1.165) is 6.07 Å². The second-order valence-electron chi connectivity index (χ2n) is 2.74. The Kier molecular flexibility index (Phi) is 3.96. The summed E-state index contributed by atoms with van der Waals surface area (Å²) in [5.74, 6) is -0.497. The van der Waals surface area contributed by atoms with Crippen molar-refractivity contribution in [2.24, 2.45) is 0 Å². The van der Waals surface area contributed by atoms with Crippen molar-refractivity contribution in [3.8, 4) is 0 Å². The largest absolute Gasteiger partial charge is 0.469 e. The minimum atomic E-state index is -2.67. The zero-order valence-corrected chi connectivity index (χ0v) is 8.59. The third-order valence-corrected chi connectivity index (χ3v) is 2.06. The van der Waals surface area contributed by atoms with Gasteiger partial charge in [-0.3, -0.25) is 4.79 Å². The van der Waals surface area contributed by atoms with E-state index in [0.29, 0.717) is 5.56 Å². The van der Waals surface area contributed by atoms with Crippen LogP contribution in [0.1, 0.15) is 17.7 Å². The molecule has 1 heterocycles. The lowest BCUT2D eigenvalue weighted by Crippen LogP contribution is -2.06. The Morgan fingerprint density at radius 1 is 1.60 bits per heavy atom. The maximum Gasteiger partial charge on any atom is 0.310 e. The maximum absolute atomic E-state index is 12.2. The van der Waals surface area contributed by atoms with Crippen molar-refractivity contribution >= 4 is 17.6 Å². The van der Waals surface area contributed by atoms with E-state index >= 15 is 0 Å². The molecule has 6 heteroatoms. The number of esters is 1. The molecular formula is C9H8ClF2NO2. The lowest BCUT2D eigenvalue weighted by Gasteiger charge is -2.04. The lowest BCUT2D eigenvalue weighted by molar-refractivity contribution is -0.139. The zero-order chi connectivity index (χ0) is 11.4. The second kappa shape index (κ2) is 5.02. The van der Waals surface area contributed by atoms with Crippen molar-refractivity contribution < 1.29 is 18.3 Å². The number of methoxy groups -OCH3 is 1. The molecule has 0 fully saturated rings. The number of nitrogens with zero attached hydrogens (tertiary/aromatic N) is 1. The molecule has 0 aliphatic carbocycles. The summed E-state index contributed by atoms with van der Waals surface area (Å²) in [4.78, 5) is 14.4. The summed E-state index contributed by atoms with van der Waals surface area (Å²) in [5, 5.41) is -0.0989. The topological polar surface area (TPSA) is 39.2 Å². The number of carbonyl (C=O) groups excluding carboxylic acids is 1. The first-order valence-electron chi connectivity index (χ1n) is 4.05. The molecule has 0 bridgehead atoms. The van der Waals surface area contributed by atoms with Gasteiger partial charge in [0, 0.05) is 5.56 Å². The van der Waals surface area contributed by atoms with Crippen LogP contribution in [0.15, 0.2) is 12.1 Å². The Bertz CT molecular complexity index is 371. The van der Waals surface area contributed by atoms with Gasteiger partial charge in [-0.1, -0.05) is 17.7 Å². The van der Waals surface area contributed by atoms with Gasteiger partial charge in [0.1, 0.15) is 10.8 Å². The first-order chi connectivity index (χ1) is 7.04. The van der Waals surface area contributed by atoms with E-state index in [-0.39, 0.29) is 11.6 Å². The van der Waals surface area contributed by atoms with Crippen molar-refractivity contribution in [2.75, 3.05) is 7.11 Å². The van der Waals surface area contributed by atoms with Crippen LogP contribution in [0.3, 0.4) is 0 Å². The number of carbonyl (C=O) groups is 1. The fourth-order valence-corrected chi connectivity index (χ4v) is 1.19. The van der Waals surface area contributed by atoms with Gasteiger partial charge in [0.2, 0.25) is 0 Å². The van der Waals surface area contributed by atoms with Gasteiger partial charge < -0.3 is 4.74 Å². The Labute approximate surface area is 90.0 Å². The number of aromatic nitrogens is 1. The number of alkyl halides is 2. The van der Waals surface area contributed by atoms with E-state index in [1.54, 1.807) is 0 Å². The van der Waals surface area contributed by atoms with E-state index in [1.807, 2.05) is 0 Å². The highest BCUT2D eigenvalue weighted by Crippen LogP contribution is 2.21. The highest BCUT2D eigenvalue weighted by molar-refractivity contribution is 6.30. The van der Waals surface area contributed by atoms with Gasteiger partial charge in [-0.2, -0.15) is 0 Å². The standard InChI is InChI=1S/C9H8ClF2NO2/c1-15-7(14)4-5-2-3-6(9(11)12)13-8(5)10/h2-3,9H,4H2,1H3. The molecule has 0 unspecified atom stereocenters. The molecule has 0 saturated carbocycles. The molecule has 1 aromatic rings. The van der Waals surface area contributed by atoms with Crippen molar-refractivity contribution in [1.82, 2.24) is 4.98 Å². The average molecular weight is 236 g/mol. The quantitative estimate of drug-likeness (QED) is 0.597. The monoisotopic (exact) mass is 235 g/mol. The molecule has 0 aliphatic heterocycles. The van der Waals surface area contributed by atoms with Crippen LogP contribution in [0.5, 0.6) is 0 Å². The molecule has 0 saturated heterocycles. The minimum absolute atomic E-state index is 0.0775. The Morgan fingerprint density at radius 3 is 2.73 bits per heavy atom. The van der Waals surface area contributed by atoms with Crippen LogP contribution in [0, 0.1) is 0 Å². The summed E-state index contributed by atoms with van der Waals surface area (Å²) in [5.41, 5.74) is -0.0402. The van der Waals surface area contributed by atoms with Crippen LogP contribution in [0.2, 0.25) is 5.15 Å². The molecule has 0 N–H and O–H groups in total. The van der Waals surface area contributed by atoms with Crippen LogP contribution in [-0.4, -0.2) is 18.1 Å². The molecular weight excluding hydrogens is 228 g/mol. The van der Waals surface area contributed by atoms with Gasteiger partial charge in [-0.15, -0.1) is 0 Å². The van der Waals surface area contributed by atoms with E-state index in [2.05, 4.69) is 9.72 Å². The Balaban J connectivity index is 2.88. The van der Waals surface area contributed by atoms with Crippen molar-refractivity contribution in [2.45, 2.75) is 12.8 Å². The Morgan fingerprint density at radius 2 is 2.27 bits per heavy atom.